The Morgan fingerprint density at radius 2 is 2.11 bits per heavy atom. The van der Waals surface area contributed by atoms with E-state index in [0.717, 1.165) is 11.3 Å². The molecule has 1 rings (SSSR count). The summed E-state index contributed by atoms with van der Waals surface area (Å²) in [6, 6.07) is 7.28. The Morgan fingerprint density at radius 1 is 1.42 bits per heavy atom. The molecule has 1 aromatic rings. The lowest BCUT2D eigenvalue weighted by atomic mass is 10.1. The Bertz CT molecular complexity index is 458. The number of hydrogen-bond acceptors (Lipinski definition) is 3. The second kappa shape index (κ2) is 6.89. The standard InChI is InChI=1S/C14H21N3O2/c1-10(15)7-14(19)16-13-6-4-5-12(8-13)9-17(3)11(2)18/h4-6,8,10H,7,9,15H2,1-3H3,(H,16,19). The molecule has 0 fully saturated rings. The topological polar surface area (TPSA) is 75.4 Å². The molecule has 19 heavy (non-hydrogen) atoms. The summed E-state index contributed by atoms with van der Waals surface area (Å²) in [5.41, 5.74) is 7.26. The maximum Gasteiger partial charge on any atom is 0.225 e. The number of rotatable bonds is 5. The summed E-state index contributed by atoms with van der Waals surface area (Å²) in [6.07, 6.45) is 0.289. The summed E-state index contributed by atoms with van der Waals surface area (Å²) < 4.78 is 0. The first-order valence-electron chi connectivity index (χ1n) is 6.24. The molecule has 0 aliphatic rings. The van der Waals surface area contributed by atoms with E-state index in [4.69, 9.17) is 5.73 Å². The molecule has 0 heterocycles. The van der Waals surface area contributed by atoms with Crippen molar-refractivity contribution in [2.45, 2.75) is 32.9 Å². The molecule has 1 unspecified atom stereocenters. The van der Waals surface area contributed by atoms with E-state index in [1.165, 1.54) is 6.92 Å². The van der Waals surface area contributed by atoms with Crippen LogP contribution in [0.4, 0.5) is 5.69 Å². The molecule has 0 aliphatic heterocycles. The van der Waals surface area contributed by atoms with Gasteiger partial charge in [-0.05, 0) is 24.6 Å². The number of nitrogens with zero attached hydrogens (tertiary/aromatic N) is 1. The second-order valence-electron chi connectivity index (χ2n) is 4.81. The zero-order valence-electron chi connectivity index (χ0n) is 11.6. The number of carbonyl (C=O) groups is 2. The minimum absolute atomic E-state index is 0.00592. The summed E-state index contributed by atoms with van der Waals surface area (Å²) in [5.74, 6) is -0.0986. The van der Waals surface area contributed by atoms with Crippen LogP contribution in [0.5, 0.6) is 0 Å². The third kappa shape index (κ3) is 5.52. The SMILES string of the molecule is CC(=O)N(C)Cc1cccc(NC(=O)CC(C)N)c1. The minimum Gasteiger partial charge on any atom is -0.342 e. The maximum absolute atomic E-state index is 11.6. The van der Waals surface area contributed by atoms with Crippen molar-refractivity contribution in [3.63, 3.8) is 0 Å². The molecule has 0 saturated heterocycles. The number of hydrogen-bond donors (Lipinski definition) is 2. The number of amides is 2. The van der Waals surface area contributed by atoms with Crippen molar-refractivity contribution in [2.24, 2.45) is 5.73 Å². The van der Waals surface area contributed by atoms with Gasteiger partial charge in [0.15, 0.2) is 0 Å². The maximum atomic E-state index is 11.6. The van der Waals surface area contributed by atoms with Crippen LogP contribution in [0.2, 0.25) is 0 Å². The lowest BCUT2D eigenvalue weighted by Gasteiger charge is -2.15. The van der Waals surface area contributed by atoms with Gasteiger partial charge in [0.2, 0.25) is 11.8 Å². The molecule has 0 saturated carbocycles. The highest BCUT2D eigenvalue weighted by atomic mass is 16.2. The van der Waals surface area contributed by atoms with Crippen LogP contribution in [0.15, 0.2) is 24.3 Å². The van der Waals surface area contributed by atoms with Crippen molar-refractivity contribution in [1.82, 2.24) is 4.90 Å². The zero-order chi connectivity index (χ0) is 14.4. The van der Waals surface area contributed by atoms with Gasteiger partial charge in [-0.25, -0.2) is 0 Å². The van der Waals surface area contributed by atoms with Gasteiger partial charge in [-0.2, -0.15) is 0 Å². The molecule has 1 aromatic carbocycles. The number of carbonyl (C=O) groups excluding carboxylic acids is 2. The molecule has 0 radical (unpaired) electrons. The molecule has 0 aromatic heterocycles. The summed E-state index contributed by atoms with van der Waals surface area (Å²) in [5, 5.41) is 2.79. The first-order chi connectivity index (χ1) is 8.88. The van der Waals surface area contributed by atoms with Gasteiger partial charge in [-0.3, -0.25) is 9.59 Å². The van der Waals surface area contributed by atoms with Gasteiger partial charge >= 0.3 is 0 Å². The van der Waals surface area contributed by atoms with E-state index >= 15 is 0 Å². The van der Waals surface area contributed by atoms with Gasteiger partial charge < -0.3 is 16.0 Å². The fourth-order valence-corrected chi connectivity index (χ4v) is 1.64. The van der Waals surface area contributed by atoms with Gasteiger partial charge in [0.05, 0.1) is 0 Å². The van der Waals surface area contributed by atoms with Crippen LogP contribution < -0.4 is 11.1 Å². The second-order valence-corrected chi connectivity index (χ2v) is 4.81. The van der Waals surface area contributed by atoms with Gasteiger partial charge in [0.1, 0.15) is 0 Å². The number of nitrogens with two attached hydrogens (primary N) is 1. The fraction of sp³-hybridized carbons (Fsp3) is 0.429. The third-order valence-electron chi connectivity index (χ3n) is 2.68. The smallest absolute Gasteiger partial charge is 0.225 e. The average Bonchev–Trinajstić information content (AvgIpc) is 2.27. The van der Waals surface area contributed by atoms with Crippen molar-refractivity contribution < 1.29 is 9.59 Å². The van der Waals surface area contributed by atoms with Crippen LogP contribution in [0.1, 0.15) is 25.8 Å². The van der Waals surface area contributed by atoms with E-state index in [9.17, 15) is 9.59 Å². The van der Waals surface area contributed by atoms with Gasteiger partial charge in [-0.15, -0.1) is 0 Å². The molecule has 3 N–H and O–H groups in total. The highest BCUT2D eigenvalue weighted by Gasteiger charge is 2.07. The predicted octanol–water partition coefficient (Wildman–Crippen LogP) is 1.34. The monoisotopic (exact) mass is 263 g/mol. The number of anilines is 1. The Kier molecular flexibility index (Phi) is 5.51. The Morgan fingerprint density at radius 3 is 2.68 bits per heavy atom. The molecular formula is C14H21N3O2. The molecule has 5 nitrogen and oxygen atoms in total. The number of nitrogens with one attached hydrogen (secondary N) is 1. The Labute approximate surface area is 113 Å². The lowest BCUT2D eigenvalue weighted by molar-refractivity contribution is -0.128. The van der Waals surface area contributed by atoms with Gasteiger partial charge in [0.25, 0.3) is 0 Å². The molecular weight excluding hydrogens is 242 g/mol. The third-order valence-corrected chi connectivity index (χ3v) is 2.68. The van der Waals surface area contributed by atoms with Crippen LogP contribution in [-0.4, -0.2) is 29.8 Å². The zero-order valence-corrected chi connectivity index (χ0v) is 11.6. The molecule has 2 amide bonds. The summed E-state index contributed by atoms with van der Waals surface area (Å²) in [4.78, 5) is 24.4. The normalized spacial score (nSPS) is 11.8. The van der Waals surface area contributed by atoms with Crippen LogP contribution in [0.25, 0.3) is 0 Å². The quantitative estimate of drug-likeness (QED) is 0.841. The van der Waals surface area contributed by atoms with Crippen molar-refractivity contribution in [3.05, 3.63) is 29.8 Å². The summed E-state index contributed by atoms with van der Waals surface area (Å²) in [6.45, 7) is 3.83. The molecule has 0 spiro atoms. The fourth-order valence-electron chi connectivity index (χ4n) is 1.64. The molecule has 0 bridgehead atoms. The van der Waals surface area contributed by atoms with Crippen LogP contribution in [-0.2, 0) is 16.1 Å². The molecule has 104 valence electrons. The van der Waals surface area contributed by atoms with Crippen LogP contribution in [0, 0.1) is 0 Å². The van der Waals surface area contributed by atoms with E-state index in [-0.39, 0.29) is 24.3 Å². The van der Waals surface area contributed by atoms with Crippen molar-refractivity contribution in [1.29, 1.82) is 0 Å². The largest absolute Gasteiger partial charge is 0.342 e. The van der Waals surface area contributed by atoms with Crippen LogP contribution >= 0.6 is 0 Å². The van der Waals surface area contributed by atoms with Crippen molar-refractivity contribution in [3.8, 4) is 0 Å². The van der Waals surface area contributed by atoms with E-state index in [2.05, 4.69) is 5.32 Å². The van der Waals surface area contributed by atoms with Crippen molar-refractivity contribution in [2.75, 3.05) is 12.4 Å². The summed E-state index contributed by atoms with van der Waals surface area (Å²) in [7, 11) is 1.74. The lowest BCUT2D eigenvalue weighted by Crippen LogP contribution is -2.24. The van der Waals surface area contributed by atoms with E-state index in [1.54, 1.807) is 18.9 Å². The Hall–Kier alpha value is -1.88. The average molecular weight is 263 g/mol. The number of benzene rings is 1. The highest BCUT2D eigenvalue weighted by molar-refractivity contribution is 5.91. The molecule has 0 aliphatic carbocycles. The van der Waals surface area contributed by atoms with Crippen molar-refractivity contribution >= 4 is 17.5 Å². The van der Waals surface area contributed by atoms with E-state index in [0.29, 0.717) is 6.54 Å². The van der Waals surface area contributed by atoms with E-state index < -0.39 is 0 Å². The summed E-state index contributed by atoms with van der Waals surface area (Å²) >= 11 is 0. The van der Waals surface area contributed by atoms with Gasteiger partial charge in [0, 0.05) is 38.7 Å². The van der Waals surface area contributed by atoms with Crippen LogP contribution in [0.3, 0.4) is 0 Å². The Balaban J connectivity index is 2.66. The minimum atomic E-state index is -0.160. The van der Waals surface area contributed by atoms with Gasteiger partial charge in [-0.1, -0.05) is 12.1 Å². The molecule has 5 heteroatoms. The highest BCUT2D eigenvalue weighted by Crippen LogP contribution is 2.12. The predicted molar refractivity (Wildman–Crippen MR) is 75.5 cm³/mol. The molecule has 1 atom stereocenters. The first-order valence-corrected chi connectivity index (χ1v) is 6.24. The first kappa shape index (κ1) is 15.2. The van der Waals surface area contributed by atoms with E-state index in [1.807, 2.05) is 24.3 Å².